The smallest absolute Gasteiger partial charge is 0.133 e. The lowest BCUT2D eigenvalue weighted by Crippen LogP contribution is -2.11. The van der Waals surface area contributed by atoms with Crippen LogP contribution in [0, 0.1) is 5.92 Å². The molecule has 0 aromatic heterocycles. The Morgan fingerprint density at radius 3 is 2.17 bits per heavy atom. The molecule has 0 aromatic carbocycles. The number of unbranched alkanes of at least 4 members (excludes halogenated alkanes) is 6. The number of Topliss-reactive ketones (excluding diaryl/α,β-unsaturated/α-hetero) is 1. The lowest BCUT2D eigenvalue weighted by atomic mass is 9.85. The molecule has 0 spiro atoms. The molecule has 1 aliphatic rings. The molecule has 0 unspecified atom stereocenters. The summed E-state index contributed by atoms with van der Waals surface area (Å²) in [6.45, 7) is 2.25. The average Bonchev–Trinajstić information content (AvgIpc) is 2.39. The van der Waals surface area contributed by atoms with E-state index in [0.717, 1.165) is 25.2 Å². The van der Waals surface area contributed by atoms with Crippen LogP contribution in [0.25, 0.3) is 0 Å². The van der Waals surface area contributed by atoms with Gasteiger partial charge in [0.15, 0.2) is 0 Å². The van der Waals surface area contributed by atoms with Gasteiger partial charge in [-0.1, -0.05) is 77.6 Å². The standard InChI is InChI=1S/C17H32O/c1-2-3-4-5-6-7-11-14-17(18)15-16-12-9-8-10-13-16/h16H,2-15H2,1H3. The highest BCUT2D eigenvalue weighted by Gasteiger charge is 2.16. The van der Waals surface area contributed by atoms with E-state index in [9.17, 15) is 4.79 Å². The van der Waals surface area contributed by atoms with Crippen LogP contribution in [0.2, 0.25) is 0 Å². The van der Waals surface area contributed by atoms with Gasteiger partial charge < -0.3 is 0 Å². The van der Waals surface area contributed by atoms with Crippen molar-refractivity contribution in [2.24, 2.45) is 5.92 Å². The maximum Gasteiger partial charge on any atom is 0.133 e. The molecule has 0 N–H and O–H groups in total. The van der Waals surface area contributed by atoms with Crippen LogP contribution in [0.4, 0.5) is 0 Å². The Bertz CT molecular complexity index is 204. The van der Waals surface area contributed by atoms with Crippen molar-refractivity contribution < 1.29 is 4.79 Å². The predicted octanol–water partition coefficient (Wildman–Crippen LogP) is 5.67. The third kappa shape index (κ3) is 7.89. The maximum absolute atomic E-state index is 11.8. The van der Waals surface area contributed by atoms with Gasteiger partial charge in [-0.05, 0) is 12.3 Å². The molecule has 0 atom stereocenters. The fourth-order valence-corrected chi connectivity index (χ4v) is 3.09. The zero-order valence-corrected chi connectivity index (χ0v) is 12.4. The number of hydrogen-bond donors (Lipinski definition) is 0. The van der Waals surface area contributed by atoms with E-state index in [2.05, 4.69) is 6.92 Å². The molecule has 0 heterocycles. The molecule has 1 aliphatic carbocycles. The molecule has 0 radical (unpaired) electrons. The third-order valence-electron chi connectivity index (χ3n) is 4.30. The van der Waals surface area contributed by atoms with E-state index < -0.39 is 0 Å². The van der Waals surface area contributed by atoms with Crippen molar-refractivity contribution in [2.45, 2.75) is 96.8 Å². The maximum atomic E-state index is 11.8. The molecule has 0 bridgehead atoms. The van der Waals surface area contributed by atoms with E-state index >= 15 is 0 Å². The van der Waals surface area contributed by atoms with Crippen molar-refractivity contribution in [1.82, 2.24) is 0 Å². The first kappa shape index (κ1) is 15.7. The molecule has 0 amide bonds. The van der Waals surface area contributed by atoms with Crippen LogP contribution >= 0.6 is 0 Å². The predicted molar refractivity (Wildman–Crippen MR) is 78.8 cm³/mol. The van der Waals surface area contributed by atoms with E-state index in [1.807, 2.05) is 0 Å². The van der Waals surface area contributed by atoms with Gasteiger partial charge in [-0.3, -0.25) is 4.79 Å². The van der Waals surface area contributed by atoms with Crippen LogP contribution in [0.5, 0.6) is 0 Å². The summed E-state index contributed by atoms with van der Waals surface area (Å²) in [4.78, 5) is 11.8. The first-order chi connectivity index (χ1) is 8.83. The molecule has 1 rings (SSSR count). The van der Waals surface area contributed by atoms with Gasteiger partial charge in [0.05, 0.1) is 0 Å². The Labute approximate surface area is 114 Å². The zero-order chi connectivity index (χ0) is 13.1. The number of ketones is 1. The Kier molecular flexibility index (Phi) is 9.24. The highest BCUT2D eigenvalue weighted by molar-refractivity contribution is 5.78. The molecule has 1 saturated carbocycles. The monoisotopic (exact) mass is 252 g/mol. The van der Waals surface area contributed by atoms with Gasteiger partial charge in [0.2, 0.25) is 0 Å². The second kappa shape index (κ2) is 10.6. The van der Waals surface area contributed by atoms with Crippen molar-refractivity contribution in [3.8, 4) is 0 Å². The van der Waals surface area contributed by atoms with Gasteiger partial charge in [-0.2, -0.15) is 0 Å². The Balaban J connectivity index is 1.90. The summed E-state index contributed by atoms with van der Waals surface area (Å²) in [5.41, 5.74) is 0. The molecule has 1 heteroatoms. The summed E-state index contributed by atoms with van der Waals surface area (Å²) in [6.07, 6.45) is 17.6. The van der Waals surface area contributed by atoms with Crippen molar-refractivity contribution in [1.29, 1.82) is 0 Å². The van der Waals surface area contributed by atoms with Gasteiger partial charge in [0.1, 0.15) is 5.78 Å². The highest BCUT2D eigenvalue weighted by atomic mass is 16.1. The van der Waals surface area contributed by atoms with Crippen molar-refractivity contribution in [3.05, 3.63) is 0 Å². The topological polar surface area (TPSA) is 17.1 Å². The van der Waals surface area contributed by atoms with Crippen molar-refractivity contribution in [3.63, 3.8) is 0 Å². The lowest BCUT2D eigenvalue weighted by molar-refractivity contribution is -0.120. The van der Waals surface area contributed by atoms with Crippen LogP contribution in [-0.2, 0) is 4.79 Å². The Hall–Kier alpha value is -0.330. The summed E-state index contributed by atoms with van der Waals surface area (Å²) < 4.78 is 0. The van der Waals surface area contributed by atoms with Gasteiger partial charge in [0.25, 0.3) is 0 Å². The van der Waals surface area contributed by atoms with Gasteiger partial charge in [-0.25, -0.2) is 0 Å². The fourth-order valence-electron chi connectivity index (χ4n) is 3.09. The average molecular weight is 252 g/mol. The number of hydrogen-bond acceptors (Lipinski definition) is 1. The second-order valence-corrected chi connectivity index (χ2v) is 6.12. The number of carbonyl (C=O) groups excluding carboxylic acids is 1. The molecule has 0 aliphatic heterocycles. The first-order valence-corrected chi connectivity index (χ1v) is 8.34. The van der Waals surface area contributed by atoms with Gasteiger partial charge in [-0.15, -0.1) is 0 Å². The quantitative estimate of drug-likeness (QED) is 0.458. The van der Waals surface area contributed by atoms with E-state index in [-0.39, 0.29) is 0 Å². The first-order valence-electron chi connectivity index (χ1n) is 8.34. The lowest BCUT2D eigenvalue weighted by Gasteiger charge is -2.20. The van der Waals surface area contributed by atoms with E-state index in [1.165, 1.54) is 70.6 Å². The van der Waals surface area contributed by atoms with Crippen LogP contribution in [0.3, 0.4) is 0 Å². The molecule has 18 heavy (non-hydrogen) atoms. The Morgan fingerprint density at radius 1 is 0.889 bits per heavy atom. The summed E-state index contributed by atoms with van der Waals surface area (Å²) in [5.74, 6) is 1.27. The van der Waals surface area contributed by atoms with E-state index in [4.69, 9.17) is 0 Å². The third-order valence-corrected chi connectivity index (χ3v) is 4.30. The number of carbonyl (C=O) groups is 1. The zero-order valence-electron chi connectivity index (χ0n) is 12.4. The van der Waals surface area contributed by atoms with E-state index in [0.29, 0.717) is 5.78 Å². The van der Waals surface area contributed by atoms with E-state index in [1.54, 1.807) is 0 Å². The molecular weight excluding hydrogens is 220 g/mol. The summed E-state index contributed by atoms with van der Waals surface area (Å²) in [7, 11) is 0. The fraction of sp³-hybridized carbons (Fsp3) is 0.941. The minimum atomic E-state index is 0.537. The minimum absolute atomic E-state index is 0.537. The summed E-state index contributed by atoms with van der Waals surface area (Å²) in [5, 5.41) is 0. The van der Waals surface area contributed by atoms with Crippen LogP contribution in [-0.4, -0.2) is 5.78 Å². The molecule has 106 valence electrons. The highest BCUT2D eigenvalue weighted by Crippen LogP contribution is 2.27. The van der Waals surface area contributed by atoms with Gasteiger partial charge >= 0.3 is 0 Å². The largest absolute Gasteiger partial charge is 0.300 e. The molecule has 0 aromatic rings. The summed E-state index contributed by atoms with van der Waals surface area (Å²) >= 11 is 0. The molecule has 0 saturated heterocycles. The summed E-state index contributed by atoms with van der Waals surface area (Å²) in [6, 6.07) is 0. The number of rotatable bonds is 10. The normalized spacial score (nSPS) is 16.9. The molecule has 1 nitrogen and oxygen atoms in total. The molecule has 1 fully saturated rings. The Morgan fingerprint density at radius 2 is 1.50 bits per heavy atom. The minimum Gasteiger partial charge on any atom is -0.300 e. The van der Waals surface area contributed by atoms with Crippen LogP contribution in [0.15, 0.2) is 0 Å². The van der Waals surface area contributed by atoms with Crippen molar-refractivity contribution >= 4 is 5.78 Å². The van der Waals surface area contributed by atoms with Crippen LogP contribution < -0.4 is 0 Å². The SMILES string of the molecule is CCCCCCCCCC(=O)CC1CCCCC1. The van der Waals surface area contributed by atoms with Gasteiger partial charge in [0, 0.05) is 12.8 Å². The second-order valence-electron chi connectivity index (χ2n) is 6.12. The molecular formula is C17H32O. The van der Waals surface area contributed by atoms with Crippen LogP contribution in [0.1, 0.15) is 96.8 Å². The van der Waals surface area contributed by atoms with Crippen molar-refractivity contribution in [2.75, 3.05) is 0 Å².